The molecule has 0 aromatic heterocycles. The van der Waals surface area contributed by atoms with Gasteiger partial charge in [-0.25, -0.2) is 8.42 Å². The largest absolute Gasteiger partial charge is 0.396 e. The molecule has 1 aliphatic heterocycles. The van der Waals surface area contributed by atoms with E-state index in [0.717, 1.165) is 0 Å². The fourth-order valence-electron chi connectivity index (χ4n) is 2.10. The van der Waals surface area contributed by atoms with Crippen LogP contribution in [0, 0.1) is 0 Å². The Kier molecular flexibility index (Phi) is 4.62. The van der Waals surface area contributed by atoms with Gasteiger partial charge in [0.15, 0.2) is 0 Å². The molecule has 0 radical (unpaired) electrons. The summed E-state index contributed by atoms with van der Waals surface area (Å²) in [6.45, 7) is 3.96. The minimum Gasteiger partial charge on any atom is -0.396 e. The molecule has 1 heterocycles. The first kappa shape index (κ1) is 17.0. The monoisotopic (exact) mass is 370 g/mol. The number of anilines is 1. The first-order valence-electron chi connectivity index (χ1n) is 6.19. The molecule has 9 heteroatoms. The zero-order chi connectivity index (χ0) is 16.0. The van der Waals surface area contributed by atoms with Crippen molar-refractivity contribution >= 4 is 49.7 Å². The number of hydrogen-bond acceptors (Lipinski definition) is 4. The molecule has 0 bridgehead atoms. The van der Waals surface area contributed by atoms with Gasteiger partial charge in [0, 0.05) is 29.6 Å². The summed E-state index contributed by atoms with van der Waals surface area (Å²) in [5, 5.41) is 0.196. The summed E-state index contributed by atoms with van der Waals surface area (Å²) in [7, 11) is -4.80. The zero-order valence-electron chi connectivity index (χ0n) is 11.6. The Balaban J connectivity index is 2.41. The summed E-state index contributed by atoms with van der Waals surface area (Å²) in [4.78, 5) is -0.00446. The molecule has 0 spiro atoms. The van der Waals surface area contributed by atoms with E-state index in [1.54, 1.807) is 13.8 Å². The summed E-state index contributed by atoms with van der Waals surface area (Å²) in [5.41, 5.74) is 5.77. The van der Waals surface area contributed by atoms with Crippen molar-refractivity contribution in [3.63, 3.8) is 0 Å². The lowest BCUT2D eigenvalue weighted by atomic mass is 10.2. The minimum atomic E-state index is -3.74. The number of nitrogens with zero attached hydrogens (tertiary/aromatic N) is 1. The summed E-state index contributed by atoms with van der Waals surface area (Å²) in [5.74, 6) is 0.308. The second-order valence-electron chi connectivity index (χ2n) is 5.45. The van der Waals surface area contributed by atoms with Crippen LogP contribution in [-0.4, -0.2) is 40.5 Å². The SMILES string of the molecule is CC1(C)CN(S(=O)(=O)c2cc(Cl)c(N)c(Cl)c2)CC[S@]1=O. The number of nitrogen functional groups attached to an aromatic ring is 1. The fourth-order valence-corrected chi connectivity index (χ4v) is 5.81. The van der Waals surface area contributed by atoms with E-state index in [1.165, 1.54) is 16.4 Å². The summed E-state index contributed by atoms with van der Waals surface area (Å²) < 4.78 is 38.0. The molecule has 21 heavy (non-hydrogen) atoms. The molecule has 5 nitrogen and oxygen atoms in total. The predicted octanol–water partition coefficient (Wildman–Crippen LogP) is 2.11. The van der Waals surface area contributed by atoms with Crippen molar-refractivity contribution < 1.29 is 12.6 Å². The molecule has 1 aliphatic rings. The molecule has 1 aromatic rings. The van der Waals surface area contributed by atoms with Gasteiger partial charge >= 0.3 is 0 Å². The smallest absolute Gasteiger partial charge is 0.243 e. The molecule has 1 saturated heterocycles. The van der Waals surface area contributed by atoms with Crippen molar-refractivity contribution in [2.24, 2.45) is 0 Å². The van der Waals surface area contributed by atoms with Crippen LogP contribution in [0.4, 0.5) is 5.69 Å². The Labute approximate surface area is 136 Å². The van der Waals surface area contributed by atoms with Crippen LogP contribution in [0.15, 0.2) is 17.0 Å². The van der Waals surface area contributed by atoms with E-state index in [4.69, 9.17) is 28.9 Å². The Morgan fingerprint density at radius 2 is 1.81 bits per heavy atom. The molecule has 2 rings (SSSR count). The summed E-state index contributed by atoms with van der Waals surface area (Å²) >= 11 is 11.8. The van der Waals surface area contributed by atoms with Crippen molar-refractivity contribution in [2.75, 3.05) is 24.6 Å². The van der Waals surface area contributed by atoms with E-state index in [2.05, 4.69) is 0 Å². The van der Waals surface area contributed by atoms with Crippen LogP contribution in [0.5, 0.6) is 0 Å². The van der Waals surface area contributed by atoms with E-state index in [9.17, 15) is 12.6 Å². The van der Waals surface area contributed by atoms with Crippen molar-refractivity contribution in [3.8, 4) is 0 Å². The highest BCUT2D eigenvalue weighted by atomic mass is 35.5. The van der Waals surface area contributed by atoms with Crippen LogP contribution >= 0.6 is 23.2 Å². The van der Waals surface area contributed by atoms with Gasteiger partial charge in [-0.1, -0.05) is 23.2 Å². The van der Waals surface area contributed by atoms with Crippen LogP contribution in [0.3, 0.4) is 0 Å². The molecular weight excluding hydrogens is 355 g/mol. The highest BCUT2D eigenvalue weighted by Crippen LogP contribution is 2.33. The van der Waals surface area contributed by atoms with E-state index >= 15 is 0 Å². The van der Waals surface area contributed by atoms with Gasteiger partial charge in [0.1, 0.15) is 0 Å². The number of benzene rings is 1. The second kappa shape index (κ2) is 5.70. The first-order valence-corrected chi connectivity index (χ1v) is 9.70. The van der Waals surface area contributed by atoms with Crippen molar-refractivity contribution in [3.05, 3.63) is 22.2 Å². The quantitative estimate of drug-likeness (QED) is 0.808. The lowest BCUT2D eigenvalue weighted by molar-refractivity contribution is 0.378. The average Bonchev–Trinajstić information content (AvgIpc) is 2.38. The highest BCUT2D eigenvalue weighted by molar-refractivity contribution is 7.89. The standard InChI is InChI=1S/C12H16Cl2N2O3S2/c1-12(2)7-16(3-4-20(12)17)21(18,19)8-5-9(13)11(15)10(14)6-8/h5-6H,3-4,7,15H2,1-2H3/t20-/m1/s1. The number of hydrogen-bond donors (Lipinski definition) is 1. The first-order chi connectivity index (χ1) is 9.55. The molecule has 118 valence electrons. The van der Waals surface area contributed by atoms with E-state index < -0.39 is 25.6 Å². The molecule has 2 N–H and O–H groups in total. The van der Waals surface area contributed by atoms with Gasteiger partial charge in [-0.15, -0.1) is 0 Å². The zero-order valence-corrected chi connectivity index (χ0v) is 14.7. The normalized spacial score (nSPS) is 23.1. The van der Waals surface area contributed by atoms with Gasteiger partial charge < -0.3 is 5.73 Å². The molecule has 1 fully saturated rings. The van der Waals surface area contributed by atoms with Crippen LogP contribution in [0.2, 0.25) is 10.0 Å². The van der Waals surface area contributed by atoms with Crippen LogP contribution in [0.25, 0.3) is 0 Å². The van der Waals surface area contributed by atoms with Crippen molar-refractivity contribution in [1.29, 1.82) is 0 Å². The van der Waals surface area contributed by atoms with E-state index in [1.807, 2.05) is 0 Å². The van der Waals surface area contributed by atoms with E-state index in [-0.39, 0.29) is 33.7 Å². The maximum atomic E-state index is 12.7. The van der Waals surface area contributed by atoms with Crippen molar-refractivity contribution in [1.82, 2.24) is 4.31 Å². The molecule has 0 aliphatic carbocycles. The molecule has 0 unspecified atom stereocenters. The van der Waals surface area contributed by atoms with Gasteiger partial charge in [0.2, 0.25) is 10.0 Å². The Morgan fingerprint density at radius 3 is 2.29 bits per heavy atom. The van der Waals surface area contributed by atoms with Crippen LogP contribution in [0.1, 0.15) is 13.8 Å². The molecular formula is C12H16Cl2N2O3S2. The molecule has 0 amide bonds. The van der Waals surface area contributed by atoms with Gasteiger partial charge in [0.05, 0.1) is 25.4 Å². The van der Waals surface area contributed by atoms with Gasteiger partial charge in [-0.05, 0) is 26.0 Å². The lowest BCUT2D eigenvalue weighted by Gasteiger charge is -2.36. The van der Waals surface area contributed by atoms with Gasteiger partial charge in [-0.2, -0.15) is 4.31 Å². The highest BCUT2D eigenvalue weighted by Gasteiger charge is 2.39. The third-order valence-corrected chi connectivity index (χ3v) is 7.75. The fraction of sp³-hybridized carbons (Fsp3) is 0.500. The van der Waals surface area contributed by atoms with Gasteiger partial charge in [0.25, 0.3) is 0 Å². The number of halogens is 2. The average molecular weight is 371 g/mol. The lowest BCUT2D eigenvalue weighted by Crippen LogP contribution is -2.51. The molecule has 1 atom stereocenters. The van der Waals surface area contributed by atoms with Crippen LogP contribution < -0.4 is 5.73 Å². The third kappa shape index (κ3) is 3.22. The summed E-state index contributed by atoms with van der Waals surface area (Å²) in [6, 6.07) is 2.58. The Hall–Kier alpha value is -0.340. The van der Waals surface area contributed by atoms with Crippen molar-refractivity contribution in [2.45, 2.75) is 23.5 Å². The maximum absolute atomic E-state index is 12.7. The topological polar surface area (TPSA) is 80.5 Å². The Morgan fingerprint density at radius 1 is 1.29 bits per heavy atom. The van der Waals surface area contributed by atoms with E-state index in [0.29, 0.717) is 5.75 Å². The number of rotatable bonds is 2. The second-order valence-corrected chi connectivity index (χ2v) is 10.4. The molecule has 0 saturated carbocycles. The predicted molar refractivity (Wildman–Crippen MR) is 86.7 cm³/mol. The maximum Gasteiger partial charge on any atom is 0.243 e. The third-order valence-electron chi connectivity index (χ3n) is 3.39. The summed E-state index contributed by atoms with van der Waals surface area (Å²) in [6.07, 6.45) is 0. The number of sulfonamides is 1. The Bertz CT molecular complexity index is 681. The van der Waals surface area contributed by atoms with Gasteiger partial charge in [-0.3, -0.25) is 4.21 Å². The number of nitrogens with two attached hydrogens (primary N) is 1. The molecule has 1 aromatic carbocycles. The minimum absolute atomic E-state index is 0.00446. The van der Waals surface area contributed by atoms with Crippen LogP contribution in [-0.2, 0) is 20.8 Å².